The molecule has 14 heteroatoms. The molecule has 0 radical (unpaired) electrons. The molecule has 0 bridgehead atoms. The molecule has 520 valence electrons. The predicted molar refractivity (Wildman–Crippen MR) is 369 cm³/mol. The van der Waals surface area contributed by atoms with E-state index in [0.29, 0.717) is 6.42 Å². The number of hydrogen-bond donors (Lipinski definition) is 9. The van der Waals surface area contributed by atoms with Crippen molar-refractivity contribution in [2.75, 3.05) is 19.8 Å². The Hall–Kier alpha value is -3.09. The Morgan fingerprint density at radius 2 is 0.767 bits per heavy atom. The fraction of sp³-hybridized carbons (Fsp3) is 0.776. The molecular formula is C76H133NO13. The molecule has 2 fully saturated rings. The van der Waals surface area contributed by atoms with Crippen LogP contribution >= 0.6 is 0 Å². The molecule has 2 rings (SSSR count). The summed E-state index contributed by atoms with van der Waals surface area (Å²) in [6.45, 7) is 2.71. The van der Waals surface area contributed by atoms with Crippen molar-refractivity contribution in [2.45, 2.75) is 357 Å². The maximum Gasteiger partial charge on any atom is 0.220 e. The molecule has 0 spiro atoms. The van der Waals surface area contributed by atoms with Crippen LogP contribution in [0, 0.1) is 0 Å². The monoisotopic (exact) mass is 1270 g/mol. The zero-order valence-corrected chi connectivity index (χ0v) is 56.6. The number of amides is 1. The van der Waals surface area contributed by atoms with Gasteiger partial charge in [-0.1, -0.05) is 297 Å². The molecule has 0 saturated carbocycles. The maximum atomic E-state index is 13.4. The summed E-state index contributed by atoms with van der Waals surface area (Å²) >= 11 is 0. The van der Waals surface area contributed by atoms with Crippen molar-refractivity contribution in [3.63, 3.8) is 0 Å². The Morgan fingerprint density at radius 1 is 0.411 bits per heavy atom. The van der Waals surface area contributed by atoms with E-state index in [-0.39, 0.29) is 18.9 Å². The van der Waals surface area contributed by atoms with Gasteiger partial charge in [0.1, 0.15) is 48.8 Å². The van der Waals surface area contributed by atoms with Crippen molar-refractivity contribution in [3.05, 3.63) is 97.2 Å². The molecule has 12 atom stereocenters. The second-order valence-corrected chi connectivity index (χ2v) is 25.3. The highest BCUT2D eigenvalue weighted by Gasteiger charge is 2.51. The number of ether oxygens (including phenoxy) is 4. The molecule has 0 aromatic carbocycles. The summed E-state index contributed by atoms with van der Waals surface area (Å²) in [5.74, 6) is -0.247. The molecule has 2 heterocycles. The Balaban J connectivity index is 1.68. The van der Waals surface area contributed by atoms with Gasteiger partial charge in [0, 0.05) is 6.42 Å². The van der Waals surface area contributed by atoms with Gasteiger partial charge in [-0.15, -0.1) is 0 Å². The van der Waals surface area contributed by atoms with E-state index in [1.54, 1.807) is 6.08 Å². The van der Waals surface area contributed by atoms with Gasteiger partial charge in [-0.05, 0) is 77.0 Å². The number of carbonyl (C=O) groups excluding carboxylic acids is 1. The van der Waals surface area contributed by atoms with E-state index in [0.717, 1.165) is 89.9 Å². The summed E-state index contributed by atoms with van der Waals surface area (Å²) < 4.78 is 22.9. The largest absolute Gasteiger partial charge is 0.394 e. The Kier molecular flexibility index (Phi) is 55.0. The highest BCUT2D eigenvalue weighted by molar-refractivity contribution is 5.76. The summed E-state index contributed by atoms with van der Waals surface area (Å²) in [5, 5.41) is 87.5. The summed E-state index contributed by atoms with van der Waals surface area (Å²) in [6, 6.07) is -0.926. The molecule has 0 aromatic heterocycles. The quantitative estimate of drug-likeness (QED) is 0.0204. The summed E-state index contributed by atoms with van der Waals surface area (Å²) in [4.78, 5) is 13.4. The Labute approximate surface area is 547 Å². The minimum absolute atomic E-state index is 0.247. The number of nitrogens with one attached hydrogen (secondary N) is 1. The van der Waals surface area contributed by atoms with E-state index in [2.05, 4.69) is 104 Å². The van der Waals surface area contributed by atoms with E-state index in [1.807, 2.05) is 6.08 Å². The SMILES string of the molecule is CC/C=C\C/C=C\C/C=C\C/C=C\C/C=C\C/C=C\C/C=C\CCCCCCCCCCCC(=O)NC(COC1OC(CO)C(OC2OC(CO)C(O)C(O)C2O)C(O)C1O)C(O)/C=C/CCCCCCCCCCCCCCCCCCCCCCCCC. The van der Waals surface area contributed by atoms with Gasteiger partial charge in [0.2, 0.25) is 5.91 Å². The number of aliphatic hydroxyl groups excluding tert-OH is 8. The second kappa shape index (κ2) is 59.6. The van der Waals surface area contributed by atoms with E-state index in [1.165, 1.54) is 167 Å². The van der Waals surface area contributed by atoms with E-state index in [9.17, 15) is 45.6 Å². The predicted octanol–water partition coefficient (Wildman–Crippen LogP) is 15.3. The van der Waals surface area contributed by atoms with Crippen LogP contribution in [0.1, 0.15) is 284 Å². The molecule has 2 aliphatic rings. The zero-order chi connectivity index (χ0) is 65.2. The van der Waals surface area contributed by atoms with E-state index < -0.39 is 86.8 Å². The first-order valence-electron chi connectivity index (χ1n) is 36.5. The number of carbonyl (C=O) groups is 1. The fourth-order valence-corrected chi connectivity index (χ4v) is 11.5. The van der Waals surface area contributed by atoms with Gasteiger partial charge in [0.05, 0.1) is 32.0 Å². The first kappa shape index (κ1) is 83.0. The molecule has 12 unspecified atom stereocenters. The van der Waals surface area contributed by atoms with Crippen LogP contribution in [0.3, 0.4) is 0 Å². The molecule has 9 N–H and O–H groups in total. The second-order valence-electron chi connectivity index (χ2n) is 25.3. The zero-order valence-electron chi connectivity index (χ0n) is 56.6. The molecule has 90 heavy (non-hydrogen) atoms. The minimum atomic E-state index is -1.79. The smallest absolute Gasteiger partial charge is 0.220 e. The Bertz CT molecular complexity index is 1880. The first-order valence-corrected chi connectivity index (χ1v) is 36.5. The molecule has 2 saturated heterocycles. The van der Waals surface area contributed by atoms with Crippen molar-refractivity contribution < 1.29 is 64.6 Å². The van der Waals surface area contributed by atoms with Crippen molar-refractivity contribution >= 4 is 5.91 Å². The third-order valence-electron chi connectivity index (χ3n) is 17.3. The molecule has 2 aliphatic heterocycles. The maximum absolute atomic E-state index is 13.4. The van der Waals surface area contributed by atoms with Crippen molar-refractivity contribution in [1.29, 1.82) is 0 Å². The Morgan fingerprint density at radius 3 is 1.18 bits per heavy atom. The fourth-order valence-electron chi connectivity index (χ4n) is 11.5. The van der Waals surface area contributed by atoms with Crippen LogP contribution in [-0.4, -0.2) is 140 Å². The number of aliphatic hydroxyl groups is 8. The average molecular weight is 1270 g/mol. The van der Waals surface area contributed by atoms with Crippen molar-refractivity contribution in [1.82, 2.24) is 5.32 Å². The van der Waals surface area contributed by atoms with Crippen LogP contribution in [0.5, 0.6) is 0 Å². The van der Waals surface area contributed by atoms with Gasteiger partial charge in [-0.25, -0.2) is 0 Å². The summed E-state index contributed by atoms with van der Waals surface area (Å²) in [6.07, 6.45) is 67.4. The van der Waals surface area contributed by atoms with Crippen LogP contribution in [-0.2, 0) is 23.7 Å². The molecule has 0 aliphatic carbocycles. The van der Waals surface area contributed by atoms with Crippen LogP contribution in [0.25, 0.3) is 0 Å². The lowest BCUT2D eigenvalue weighted by molar-refractivity contribution is -0.359. The van der Waals surface area contributed by atoms with Crippen LogP contribution in [0.2, 0.25) is 0 Å². The molecule has 0 aromatic rings. The minimum Gasteiger partial charge on any atom is -0.394 e. The van der Waals surface area contributed by atoms with Crippen LogP contribution in [0.4, 0.5) is 0 Å². The van der Waals surface area contributed by atoms with E-state index in [4.69, 9.17) is 18.9 Å². The number of allylic oxidation sites excluding steroid dienone is 15. The normalized spacial score (nSPS) is 23.5. The van der Waals surface area contributed by atoms with Gasteiger partial charge in [0.25, 0.3) is 0 Å². The summed E-state index contributed by atoms with van der Waals surface area (Å²) in [5.41, 5.74) is 0. The average Bonchev–Trinajstić information content (AvgIpc) is 1.42. The number of unbranched alkanes of at least 4 members (excludes halogenated alkanes) is 32. The van der Waals surface area contributed by atoms with Crippen molar-refractivity contribution in [2.24, 2.45) is 0 Å². The third-order valence-corrected chi connectivity index (χ3v) is 17.3. The van der Waals surface area contributed by atoms with Crippen molar-refractivity contribution in [3.8, 4) is 0 Å². The molecule has 1 amide bonds. The van der Waals surface area contributed by atoms with E-state index >= 15 is 0 Å². The number of hydrogen-bond acceptors (Lipinski definition) is 13. The third kappa shape index (κ3) is 43.0. The lowest BCUT2D eigenvalue weighted by Gasteiger charge is -2.46. The van der Waals surface area contributed by atoms with Gasteiger partial charge in [-0.3, -0.25) is 4.79 Å². The number of rotatable bonds is 59. The van der Waals surface area contributed by atoms with Gasteiger partial charge >= 0.3 is 0 Å². The van der Waals surface area contributed by atoms with Crippen LogP contribution in [0.15, 0.2) is 97.2 Å². The first-order chi connectivity index (χ1) is 44.1. The van der Waals surface area contributed by atoms with Gasteiger partial charge in [0.15, 0.2) is 12.6 Å². The van der Waals surface area contributed by atoms with Gasteiger partial charge in [-0.2, -0.15) is 0 Å². The van der Waals surface area contributed by atoms with Crippen LogP contribution < -0.4 is 5.32 Å². The standard InChI is InChI=1S/C76H133NO13/c1-3-5-7-9-11-13-15-17-19-21-23-25-27-29-30-31-32-33-34-36-38-40-42-44-46-48-50-52-54-56-58-60-68(81)77-64(63-87-75-73(86)71(84)74(67(62-79)89-75)90-76-72(85)70(83)69(82)66(61-78)88-76)65(80)59-57-55-53-51-49-47-45-43-41-39-37-35-28-26-24-22-20-18-16-14-12-10-8-6-4-2/h5,7,11,13,17,19,23,25,29-30,32-33,36,38,57,59,64-67,69-76,78-80,82-86H,3-4,6,8-10,12,14-16,18,20-22,24,26-28,31,34-35,37,39-56,58,60-63H2,1-2H3,(H,77,81)/b7-5-,13-11-,19-17-,25-23-,30-29-,33-32-,38-36-,59-57+. The van der Waals surface area contributed by atoms with Gasteiger partial charge < -0.3 is 65.1 Å². The summed E-state index contributed by atoms with van der Waals surface area (Å²) in [7, 11) is 0. The lowest BCUT2D eigenvalue weighted by Crippen LogP contribution is -2.65. The topological polar surface area (TPSA) is 228 Å². The highest BCUT2D eigenvalue weighted by atomic mass is 16.7. The molecule has 14 nitrogen and oxygen atoms in total. The lowest BCUT2D eigenvalue weighted by atomic mass is 9.97. The molecular weight excluding hydrogens is 1130 g/mol. The highest BCUT2D eigenvalue weighted by Crippen LogP contribution is 2.30.